The smallest absolute Gasteiger partial charge is 0.168 e. The predicted molar refractivity (Wildman–Crippen MR) is 73.6 cm³/mol. The maximum absolute atomic E-state index is 13.5. The lowest BCUT2D eigenvalue weighted by Gasteiger charge is -2.05. The van der Waals surface area contributed by atoms with Crippen LogP contribution in [-0.2, 0) is 6.42 Å². The maximum atomic E-state index is 13.5. The van der Waals surface area contributed by atoms with Crippen LogP contribution in [0, 0.1) is 5.82 Å². The van der Waals surface area contributed by atoms with E-state index in [2.05, 4.69) is 15.9 Å². The molecule has 0 radical (unpaired) electrons. The van der Waals surface area contributed by atoms with Crippen LogP contribution in [0.2, 0.25) is 5.02 Å². The number of carbonyl (C=O) groups excluding carboxylic acids is 1. The van der Waals surface area contributed by atoms with E-state index in [9.17, 15) is 9.18 Å². The molecular formula is C14H9BrClFO. The van der Waals surface area contributed by atoms with Crippen LogP contribution in [0.3, 0.4) is 0 Å². The zero-order valence-corrected chi connectivity index (χ0v) is 11.6. The molecule has 2 rings (SSSR count). The van der Waals surface area contributed by atoms with Crippen LogP contribution in [0.25, 0.3) is 0 Å². The molecule has 0 saturated heterocycles. The molecule has 4 heteroatoms. The van der Waals surface area contributed by atoms with Gasteiger partial charge in [-0.15, -0.1) is 0 Å². The molecule has 0 heterocycles. The molecule has 18 heavy (non-hydrogen) atoms. The van der Waals surface area contributed by atoms with Gasteiger partial charge in [-0.25, -0.2) is 4.39 Å². The second kappa shape index (κ2) is 5.63. The summed E-state index contributed by atoms with van der Waals surface area (Å²) in [5.74, 6) is -0.587. The average molecular weight is 328 g/mol. The van der Waals surface area contributed by atoms with Crippen LogP contribution in [0.4, 0.5) is 4.39 Å². The highest BCUT2D eigenvalue weighted by Gasteiger charge is 2.13. The molecule has 0 aliphatic heterocycles. The van der Waals surface area contributed by atoms with Crippen molar-refractivity contribution in [2.75, 3.05) is 0 Å². The third-order valence-corrected chi connectivity index (χ3v) is 3.36. The molecule has 92 valence electrons. The highest BCUT2D eigenvalue weighted by molar-refractivity contribution is 9.10. The fraction of sp³-hybridized carbons (Fsp3) is 0.0714. The zero-order valence-electron chi connectivity index (χ0n) is 9.29. The fourth-order valence-corrected chi connectivity index (χ4v) is 2.28. The number of rotatable bonds is 3. The van der Waals surface area contributed by atoms with Crippen molar-refractivity contribution in [2.24, 2.45) is 0 Å². The first-order valence-electron chi connectivity index (χ1n) is 5.29. The largest absolute Gasteiger partial charge is 0.294 e. The monoisotopic (exact) mass is 326 g/mol. The van der Waals surface area contributed by atoms with Crippen molar-refractivity contribution in [3.05, 3.63) is 68.9 Å². The molecule has 0 bridgehead atoms. The molecule has 0 N–H and O–H groups in total. The summed E-state index contributed by atoms with van der Waals surface area (Å²) in [5.41, 5.74) is 0.771. The minimum Gasteiger partial charge on any atom is -0.294 e. The Labute approximate surface area is 118 Å². The number of carbonyl (C=O) groups is 1. The lowest BCUT2D eigenvalue weighted by atomic mass is 10.0. The van der Waals surface area contributed by atoms with Gasteiger partial charge in [-0.1, -0.05) is 39.7 Å². The van der Waals surface area contributed by atoms with Crippen LogP contribution < -0.4 is 0 Å². The van der Waals surface area contributed by atoms with Crippen molar-refractivity contribution >= 4 is 33.3 Å². The molecule has 2 aromatic carbocycles. The Morgan fingerprint density at radius 2 is 1.94 bits per heavy atom. The zero-order chi connectivity index (χ0) is 13.1. The van der Waals surface area contributed by atoms with Gasteiger partial charge >= 0.3 is 0 Å². The van der Waals surface area contributed by atoms with Gasteiger partial charge in [0.25, 0.3) is 0 Å². The third-order valence-electron chi connectivity index (χ3n) is 2.53. The SMILES string of the molecule is O=C(Cc1cc(Br)ccc1F)c1ccccc1Cl. The molecule has 2 aromatic rings. The van der Waals surface area contributed by atoms with E-state index in [1.165, 1.54) is 6.07 Å². The van der Waals surface area contributed by atoms with Crippen LogP contribution in [-0.4, -0.2) is 5.78 Å². The summed E-state index contributed by atoms with van der Waals surface area (Å²) in [6.07, 6.45) is -0.00495. The molecule has 0 fully saturated rings. The first-order chi connectivity index (χ1) is 8.58. The van der Waals surface area contributed by atoms with Crippen molar-refractivity contribution in [3.63, 3.8) is 0 Å². The molecule has 0 unspecified atom stereocenters. The molecule has 0 aromatic heterocycles. The van der Waals surface area contributed by atoms with Crippen LogP contribution in [0.15, 0.2) is 46.9 Å². The molecular weight excluding hydrogens is 319 g/mol. The van der Waals surface area contributed by atoms with Gasteiger partial charge in [0.1, 0.15) is 5.82 Å². The number of hydrogen-bond donors (Lipinski definition) is 0. The van der Waals surface area contributed by atoms with Gasteiger partial charge in [-0.05, 0) is 35.9 Å². The minimum absolute atomic E-state index is 0.00495. The Kier molecular flexibility index (Phi) is 4.15. The summed E-state index contributed by atoms with van der Waals surface area (Å²) in [4.78, 5) is 12.0. The lowest BCUT2D eigenvalue weighted by molar-refractivity contribution is 0.0992. The Morgan fingerprint density at radius 1 is 1.22 bits per heavy atom. The van der Waals surface area contributed by atoms with Gasteiger partial charge in [-0.2, -0.15) is 0 Å². The van der Waals surface area contributed by atoms with E-state index in [1.807, 2.05) is 0 Å². The number of hydrogen-bond acceptors (Lipinski definition) is 1. The Hall–Kier alpha value is -1.19. The van der Waals surface area contributed by atoms with E-state index in [0.717, 1.165) is 4.47 Å². The number of halogens is 3. The van der Waals surface area contributed by atoms with Crippen LogP contribution in [0.5, 0.6) is 0 Å². The second-order valence-corrected chi connectivity index (χ2v) is 5.14. The summed E-state index contributed by atoms with van der Waals surface area (Å²) in [6, 6.07) is 11.3. The van der Waals surface area contributed by atoms with Gasteiger partial charge in [0.2, 0.25) is 0 Å². The first-order valence-corrected chi connectivity index (χ1v) is 6.46. The maximum Gasteiger partial charge on any atom is 0.168 e. The normalized spacial score (nSPS) is 10.4. The van der Waals surface area contributed by atoms with E-state index < -0.39 is 5.82 Å². The summed E-state index contributed by atoms with van der Waals surface area (Å²) < 4.78 is 14.3. The standard InChI is InChI=1S/C14H9BrClFO/c15-10-5-6-13(17)9(7-10)8-14(18)11-3-1-2-4-12(11)16/h1-7H,8H2. The summed E-state index contributed by atoms with van der Waals surface area (Å²) >= 11 is 9.19. The minimum atomic E-state index is -0.390. The van der Waals surface area contributed by atoms with E-state index in [0.29, 0.717) is 16.1 Å². The van der Waals surface area contributed by atoms with E-state index >= 15 is 0 Å². The van der Waals surface area contributed by atoms with Crippen molar-refractivity contribution in [2.45, 2.75) is 6.42 Å². The number of benzene rings is 2. The van der Waals surface area contributed by atoms with Crippen molar-refractivity contribution in [1.82, 2.24) is 0 Å². The van der Waals surface area contributed by atoms with Crippen molar-refractivity contribution in [3.8, 4) is 0 Å². The molecule has 0 saturated carbocycles. The Morgan fingerprint density at radius 3 is 2.67 bits per heavy atom. The number of ketones is 1. The van der Waals surface area contributed by atoms with Crippen molar-refractivity contribution in [1.29, 1.82) is 0 Å². The van der Waals surface area contributed by atoms with Gasteiger partial charge in [0.05, 0.1) is 5.02 Å². The third kappa shape index (κ3) is 2.98. The highest BCUT2D eigenvalue weighted by Crippen LogP contribution is 2.20. The van der Waals surface area contributed by atoms with E-state index in [4.69, 9.17) is 11.6 Å². The molecule has 0 atom stereocenters. The van der Waals surface area contributed by atoms with Gasteiger partial charge in [-0.3, -0.25) is 4.79 Å². The van der Waals surface area contributed by atoms with Gasteiger partial charge < -0.3 is 0 Å². The summed E-state index contributed by atoms with van der Waals surface area (Å²) in [6.45, 7) is 0. The summed E-state index contributed by atoms with van der Waals surface area (Å²) in [7, 11) is 0. The molecule has 1 nitrogen and oxygen atoms in total. The topological polar surface area (TPSA) is 17.1 Å². The predicted octanol–water partition coefficient (Wildman–Crippen LogP) is 4.67. The van der Waals surface area contributed by atoms with E-state index in [1.54, 1.807) is 36.4 Å². The number of Topliss-reactive ketones (excluding diaryl/α,β-unsaturated/α-hetero) is 1. The first kappa shape index (κ1) is 13.2. The fourth-order valence-electron chi connectivity index (χ4n) is 1.63. The van der Waals surface area contributed by atoms with Crippen molar-refractivity contribution < 1.29 is 9.18 Å². The Bertz CT molecular complexity index is 598. The second-order valence-electron chi connectivity index (χ2n) is 3.82. The lowest BCUT2D eigenvalue weighted by Crippen LogP contribution is -2.05. The molecule has 0 aliphatic rings. The van der Waals surface area contributed by atoms with Gasteiger partial charge in [0, 0.05) is 16.5 Å². The molecule has 0 aliphatic carbocycles. The van der Waals surface area contributed by atoms with Gasteiger partial charge in [0.15, 0.2) is 5.78 Å². The van der Waals surface area contributed by atoms with Crippen LogP contribution >= 0.6 is 27.5 Å². The van der Waals surface area contributed by atoms with Crippen LogP contribution in [0.1, 0.15) is 15.9 Å². The Balaban J connectivity index is 2.27. The van der Waals surface area contributed by atoms with E-state index in [-0.39, 0.29) is 12.2 Å². The average Bonchev–Trinajstić information content (AvgIpc) is 2.34. The molecule has 0 spiro atoms. The summed E-state index contributed by atoms with van der Waals surface area (Å²) in [5, 5.41) is 0.387. The quantitative estimate of drug-likeness (QED) is 0.749. The molecule has 0 amide bonds. The highest BCUT2D eigenvalue weighted by atomic mass is 79.9.